The molecule has 0 aliphatic rings. The number of hydrogen-bond donors (Lipinski definition) is 1. The highest BCUT2D eigenvalue weighted by atomic mass is 32.2. The summed E-state index contributed by atoms with van der Waals surface area (Å²) in [5.41, 5.74) is 5.81. The molecule has 0 aromatic rings. The number of rotatable bonds is 3. The minimum absolute atomic E-state index is 0.333. The lowest BCUT2D eigenvalue weighted by atomic mass is 9.97. The third kappa shape index (κ3) is 3.33. The van der Waals surface area contributed by atoms with Gasteiger partial charge in [0, 0.05) is 0 Å². The molecule has 0 rings (SSSR count). The van der Waals surface area contributed by atoms with Crippen molar-refractivity contribution in [1.82, 2.24) is 0 Å². The second-order valence-corrected chi connectivity index (χ2v) is 3.67. The minimum atomic E-state index is 0.333. The van der Waals surface area contributed by atoms with E-state index in [0.717, 1.165) is 12.3 Å². The van der Waals surface area contributed by atoms with E-state index in [4.69, 9.17) is 5.73 Å². The molecule has 0 heterocycles. The van der Waals surface area contributed by atoms with Gasteiger partial charge in [0.05, 0.1) is 0 Å². The Kier molecular flexibility index (Phi) is 3.49. The Balaban J connectivity index is 3.37. The summed E-state index contributed by atoms with van der Waals surface area (Å²) in [7, 11) is 0. The fraction of sp³-hybridized carbons (Fsp3) is 1.00. The standard InChI is InChI=1S/C6H15NS/c1-6(2,4-7)5-8-3/h4-5,7H2,1-3H3. The van der Waals surface area contributed by atoms with E-state index in [-0.39, 0.29) is 0 Å². The summed E-state index contributed by atoms with van der Waals surface area (Å²) in [5, 5.41) is 0. The third-order valence-electron chi connectivity index (χ3n) is 1.09. The summed E-state index contributed by atoms with van der Waals surface area (Å²) in [6.45, 7) is 5.15. The maximum Gasteiger partial charge on any atom is -0.000681 e. The van der Waals surface area contributed by atoms with Gasteiger partial charge < -0.3 is 5.73 Å². The van der Waals surface area contributed by atoms with E-state index in [9.17, 15) is 0 Å². The van der Waals surface area contributed by atoms with Crippen LogP contribution in [-0.2, 0) is 0 Å². The fourth-order valence-electron chi connectivity index (χ4n) is 0.450. The molecular weight excluding hydrogens is 118 g/mol. The van der Waals surface area contributed by atoms with Crippen LogP contribution < -0.4 is 5.73 Å². The molecule has 0 spiro atoms. The summed E-state index contributed by atoms with van der Waals surface area (Å²) in [6.07, 6.45) is 2.11. The van der Waals surface area contributed by atoms with Crippen molar-refractivity contribution in [2.75, 3.05) is 18.6 Å². The Hall–Kier alpha value is 0.310. The lowest BCUT2D eigenvalue weighted by molar-refractivity contribution is 0.439. The zero-order valence-corrected chi connectivity index (χ0v) is 6.72. The van der Waals surface area contributed by atoms with Gasteiger partial charge >= 0.3 is 0 Å². The molecule has 0 bridgehead atoms. The van der Waals surface area contributed by atoms with Crippen LogP contribution in [0.3, 0.4) is 0 Å². The molecule has 50 valence electrons. The molecule has 0 saturated heterocycles. The molecule has 0 radical (unpaired) electrons. The molecule has 2 N–H and O–H groups in total. The molecule has 0 saturated carbocycles. The van der Waals surface area contributed by atoms with Gasteiger partial charge in [0.1, 0.15) is 0 Å². The van der Waals surface area contributed by atoms with Crippen LogP contribution in [0.1, 0.15) is 13.8 Å². The largest absolute Gasteiger partial charge is 0.330 e. The molecular formula is C6H15NS. The minimum Gasteiger partial charge on any atom is -0.330 e. The zero-order chi connectivity index (χ0) is 6.62. The Morgan fingerprint density at radius 1 is 1.50 bits per heavy atom. The molecule has 2 heteroatoms. The Morgan fingerprint density at radius 2 is 2.00 bits per heavy atom. The van der Waals surface area contributed by atoms with Gasteiger partial charge in [-0.15, -0.1) is 0 Å². The van der Waals surface area contributed by atoms with Crippen LogP contribution in [0.15, 0.2) is 0 Å². The van der Waals surface area contributed by atoms with E-state index >= 15 is 0 Å². The summed E-state index contributed by atoms with van der Waals surface area (Å²) < 4.78 is 0. The highest BCUT2D eigenvalue weighted by Gasteiger charge is 2.13. The van der Waals surface area contributed by atoms with Crippen LogP contribution in [0.4, 0.5) is 0 Å². The Bertz CT molecular complexity index is 61.5. The first-order valence-electron chi connectivity index (χ1n) is 2.81. The molecule has 0 unspecified atom stereocenters. The maximum atomic E-state index is 5.48. The van der Waals surface area contributed by atoms with Crippen LogP contribution in [0, 0.1) is 5.41 Å². The van der Waals surface area contributed by atoms with E-state index in [1.807, 2.05) is 11.8 Å². The average molecular weight is 133 g/mol. The lowest BCUT2D eigenvalue weighted by Gasteiger charge is -2.19. The highest BCUT2D eigenvalue weighted by molar-refractivity contribution is 7.98. The van der Waals surface area contributed by atoms with E-state index < -0.39 is 0 Å². The molecule has 0 fully saturated rings. The lowest BCUT2D eigenvalue weighted by Crippen LogP contribution is -2.25. The van der Waals surface area contributed by atoms with Gasteiger partial charge in [0.2, 0.25) is 0 Å². The van der Waals surface area contributed by atoms with Crippen LogP contribution >= 0.6 is 11.8 Å². The third-order valence-corrected chi connectivity index (χ3v) is 2.16. The molecule has 0 aromatic heterocycles. The molecule has 0 aliphatic carbocycles. The SMILES string of the molecule is CSCC(C)(C)CN. The van der Waals surface area contributed by atoms with E-state index in [1.165, 1.54) is 0 Å². The van der Waals surface area contributed by atoms with E-state index in [1.54, 1.807) is 0 Å². The van der Waals surface area contributed by atoms with Crippen LogP contribution in [0.2, 0.25) is 0 Å². The van der Waals surface area contributed by atoms with Crippen LogP contribution in [-0.4, -0.2) is 18.6 Å². The predicted molar refractivity (Wildman–Crippen MR) is 41.2 cm³/mol. The summed E-state index contributed by atoms with van der Waals surface area (Å²) in [5.74, 6) is 1.16. The average Bonchev–Trinajstić information content (AvgIpc) is 1.67. The Morgan fingerprint density at radius 3 is 2.12 bits per heavy atom. The Labute approximate surface area is 56.0 Å². The van der Waals surface area contributed by atoms with Gasteiger partial charge in [-0.3, -0.25) is 0 Å². The normalized spacial score (nSPS) is 12.0. The fourth-order valence-corrected chi connectivity index (χ4v) is 1.35. The second-order valence-electron chi connectivity index (χ2n) is 2.80. The highest BCUT2D eigenvalue weighted by Crippen LogP contribution is 2.17. The predicted octanol–water partition coefficient (Wildman–Crippen LogP) is 1.33. The first-order valence-corrected chi connectivity index (χ1v) is 4.21. The molecule has 8 heavy (non-hydrogen) atoms. The van der Waals surface area contributed by atoms with Crippen LogP contribution in [0.25, 0.3) is 0 Å². The zero-order valence-electron chi connectivity index (χ0n) is 5.90. The van der Waals surface area contributed by atoms with Gasteiger partial charge in [0.15, 0.2) is 0 Å². The first kappa shape index (κ1) is 8.31. The van der Waals surface area contributed by atoms with Crippen molar-refractivity contribution in [3.05, 3.63) is 0 Å². The summed E-state index contributed by atoms with van der Waals surface area (Å²) >= 11 is 1.85. The number of hydrogen-bond acceptors (Lipinski definition) is 2. The van der Waals surface area contributed by atoms with Gasteiger partial charge in [-0.05, 0) is 24.0 Å². The van der Waals surface area contributed by atoms with E-state index in [2.05, 4.69) is 20.1 Å². The maximum absolute atomic E-state index is 5.48. The number of nitrogens with two attached hydrogens (primary N) is 1. The molecule has 0 aliphatic heterocycles. The molecule has 0 amide bonds. The molecule has 0 aromatic carbocycles. The van der Waals surface area contributed by atoms with Crippen molar-refractivity contribution >= 4 is 11.8 Å². The molecule has 0 atom stereocenters. The van der Waals surface area contributed by atoms with Crippen LogP contribution in [0.5, 0.6) is 0 Å². The summed E-state index contributed by atoms with van der Waals surface area (Å²) in [4.78, 5) is 0. The van der Waals surface area contributed by atoms with Gasteiger partial charge in [-0.25, -0.2) is 0 Å². The monoisotopic (exact) mass is 133 g/mol. The van der Waals surface area contributed by atoms with E-state index in [0.29, 0.717) is 5.41 Å². The quantitative estimate of drug-likeness (QED) is 0.628. The molecule has 1 nitrogen and oxygen atoms in total. The van der Waals surface area contributed by atoms with Crippen molar-refractivity contribution in [1.29, 1.82) is 0 Å². The van der Waals surface area contributed by atoms with Crippen molar-refractivity contribution in [2.24, 2.45) is 11.1 Å². The smallest absolute Gasteiger partial charge is 0.000681 e. The topological polar surface area (TPSA) is 26.0 Å². The van der Waals surface area contributed by atoms with Gasteiger partial charge in [-0.1, -0.05) is 13.8 Å². The first-order chi connectivity index (χ1) is 3.62. The summed E-state index contributed by atoms with van der Waals surface area (Å²) in [6, 6.07) is 0. The van der Waals surface area contributed by atoms with Crippen molar-refractivity contribution in [3.63, 3.8) is 0 Å². The van der Waals surface area contributed by atoms with Crippen molar-refractivity contribution in [3.8, 4) is 0 Å². The van der Waals surface area contributed by atoms with Gasteiger partial charge in [0.25, 0.3) is 0 Å². The number of thioether (sulfide) groups is 1. The van der Waals surface area contributed by atoms with Crippen molar-refractivity contribution < 1.29 is 0 Å². The van der Waals surface area contributed by atoms with Gasteiger partial charge in [-0.2, -0.15) is 11.8 Å². The van der Waals surface area contributed by atoms with Crippen molar-refractivity contribution in [2.45, 2.75) is 13.8 Å². The second kappa shape index (κ2) is 3.36.